The number of anilines is 2. The number of para-hydroxylation sites is 2. The van der Waals surface area contributed by atoms with E-state index >= 15 is 0 Å². The van der Waals surface area contributed by atoms with Crippen LogP contribution in [0.1, 0.15) is 51.7 Å². The number of fused-ring (bicyclic) bond motifs is 10. The van der Waals surface area contributed by atoms with Crippen LogP contribution in [-0.2, 0) is 20.4 Å². The van der Waals surface area contributed by atoms with Gasteiger partial charge in [0.1, 0.15) is 24.4 Å². The maximum Gasteiger partial charge on any atom is 0.247 e. The van der Waals surface area contributed by atoms with Gasteiger partial charge in [0.25, 0.3) is 0 Å². The van der Waals surface area contributed by atoms with E-state index in [1.54, 1.807) is 0 Å². The van der Waals surface area contributed by atoms with Crippen LogP contribution in [0.25, 0.3) is 0 Å². The summed E-state index contributed by atoms with van der Waals surface area (Å²) in [5.74, 6) is 0.0733. The van der Waals surface area contributed by atoms with Gasteiger partial charge in [0, 0.05) is 22.2 Å². The zero-order valence-corrected chi connectivity index (χ0v) is 22.6. The highest BCUT2D eigenvalue weighted by Gasteiger charge is 2.73. The van der Waals surface area contributed by atoms with Crippen LogP contribution in [0.3, 0.4) is 0 Å². The van der Waals surface area contributed by atoms with Crippen LogP contribution in [-0.4, -0.2) is 46.0 Å². The predicted octanol–water partition coefficient (Wildman–Crippen LogP) is 5.01. The topological polar surface area (TPSA) is 64.7 Å². The fourth-order valence-electron chi connectivity index (χ4n) is 8.66. The molecule has 0 radical (unpaired) electrons. The molecule has 196 valence electrons. The standard InChI is InChI=1S/C32H36N4O2/c1-7-29(3,4)31-17-23-25(37)36-24(26(38)35(23)27(31)33-21-15-11-9-13-19(21)31)18-32(30(5,6)8-2)20-14-10-12-16-22(20)34-28(32)36/h7-16,23-24,27-28,33-34H,1-2,17-18H2,3-6H3/t23-,24+,27-,28-,31+,32+/m0/s1. The monoisotopic (exact) mass is 508 g/mol. The van der Waals surface area contributed by atoms with Crippen LogP contribution < -0.4 is 10.6 Å². The summed E-state index contributed by atoms with van der Waals surface area (Å²) in [6.45, 7) is 17.1. The quantitative estimate of drug-likeness (QED) is 0.570. The fourth-order valence-corrected chi connectivity index (χ4v) is 8.66. The molecule has 6 nitrogen and oxygen atoms in total. The zero-order chi connectivity index (χ0) is 26.8. The van der Waals surface area contributed by atoms with E-state index in [-0.39, 0.29) is 35.0 Å². The number of nitrogens with zero attached hydrogens (tertiary/aromatic N) is 2. The number of hydrogen-bond acceptors (Lipinski definition) is 4. The van der Waals surface area contributed by atoms with Gasteiger partial charge in [-0.2, -0.15) is 0 Å². The van der Waals surface area contributed by atoms with Crippen LogP contribution in [0.15, 0.2) is 73.8 Å². The van der Waals surface area contributed by atoms with Gasteiger partial charge in [0.05, 0.1) is 0 Å². The number of piperazine rings is 1. The predicted molar refractivity (Wildman–Crippen MR) is 150 cm³/mol. The van der Waals surface area contributed by atoms with Crippen molar-refractivity contribution in [1.82, 2.24) is 9.80 Å². The lowest BCUT2D eigenvalue weighted by Crippen LogP contribution is -2.66. The van der Waals surface area contributed by atoms with Crippen LogP contribution >= 0.6 is 0 Å². The van der Waals surface area contributed by atoms with Crippen LogP contribution in [0.4, 0.5) is 11.4 Å². The summed E-state index contributed by atoms with van der Waals surface area (Å²) in [6, 6.07) is 15.5. The Hall–Kier alpha value is -3.54. The second-order valence-electron chi connectivity index (χ2n) is 12.9. The Labute approximate surface area is 224 Å². The minimum atomic E-state index is -0.531. The third kappa shape index (κ3) is 2.37. The smallest absolute Gasteiger partial charge is 0.247 e. The molecule has 5 heterocycles. The molecule has 0 saturated carbocycles. The molecule has 2 aromatic rings. The van der Waals surface area contributed by atoms with Gasteiger partial charge in [-0.15, -0.1) is 13.2 Å². The number of nitrogens with one attached hydrogen (secondary N) is 2. The molecule has 0 aliphatic carbocycles. The highest BCUT2D eigenvalue weighted by atomic mass is 16.2. The van der Waals surface area contributed by atoms with Crippen molar-refractivity contribution in [3.8, 4) is 0 Å². The molecule has 5 aliphatic rings. The van der Waals surface area contributed by atoms with Crippen molar-refractivity contribution in [1.29, 1.82) is 0 Å². The molecule has 6 heteroatoms. The largest absolute Gasteiger partial charge is 0.364 e. The average molecular weight is 509 g/mol. The summed E-state index contributed by atoms with van der Waals surface area (Å²) in [7, 11) is 0. The number of carbonyl (C=O) groups is 2. The molecule has 6 atom stereocenters. The summed E-state index contributed by atoms with van der Waals surface area (Å²) < 4.78 is 0. The van der Waals surface area contributed by atoms with Crippen molar-refractivity contribution < 1.29 is 9.59 Å². The molecule has 2 amide bonds. The number of allylic oxidation sites excluding steroid dienone is 2. The number of hydrogen-bond donors (Lipinski definition) is 2. The number of carbonyl (C=O) groups excluding carboxylic acids is 2. The van der Waals surface area contributed by atoms with Gasteiger partial charge in [-0.3, -0.25) is 9.59 Å². The zero-order valence-electron chi connectivity index (χ0n) is 22.6. The van der Waals surface area contributed by atoms with Gasteiger partial charge in [0.15, 0.2) is 0 Å². The summed E-state index contributed by atoms with van der Waals surface area (Å²) in [4.78, 5) is 33.0. The molecule has 38 heavy (non-hydrogen) atoms. The van der Waals surface area contributed by atoms with Crippen LogP contribution in [0.5, 0.6) is 0 Å². The van der Waals surface area contributed by atoms with E-state index in [1.807, 2.05) is 46.2 Å². The van der Waals surface area contributed by atoms with Gasteiger partial charge >= 0.3 is 0 Å². The summed E-state index contributed by atoms with van der Waals surface area (Å²) >= 11 is 0. The molecular weight excluding hydrogens is 472 g/mol. The first-order valence-corrected chi connectivity index (χ1v) is 13.7. The fraction of sp³-hybridized carbons (Fsp3) is 0.438. The van der Waals surface area contributed by atoms with E-state index in [2.05, 4.69) is 75.8 Å². The van der Waals surface area contributed by atoms with E-state index in [4.69, 9.17) is 0 Å². The van der Waals surface area contributed by atoms with E-state index < -0.39 is 22.9 Å². The van der Waals surface area contributed by atoms with Crippen molar-refractivity contribution in [3.63, 3.8) is 0 Å². The van der Waals surface area contributed by atoms with Crippen molar-refractivity contribution >= 4 is 23.2 Å². The minimum absolute atomic E-state index is 0.0366. The maximum absolute atomic E-state index is 14.6. The van der Waals surface area contributed by atoms with E-state index in [0.717, 1.165) is 11.4 Å². The van der Waals surface area contributed by atoms with Gasteiger partial charge in [-0.25, -0.2) is 0 Å². The van der Waals surface area contributed by atoms with Crippen molar-refractivity contribution in [2.75, 3.05) is 10.6 Å². The number of amides is 2. The highest BCUT2D eigenvalue weighted by molar-refractivity contribution is 6.00. The number of benzene rings is 2. The first-order chi connectivity index (χ1) is 18.1. The van der Waals surface area contributed by atoms with Crippen LogP contribution in [0.2, 0.25) is 0 Å². The molecule has 0 aromatic heterocycles. The Morgan fingerprint density at radius 2 is 1.11 bits per heavy atom. The number of rotatable bonds is 4. The highest BCUT2D eigenvalue weighted by Crippen LogP contribution is 2.64. The van der Waals surface area contributed by atoms with Gasteiger partial charge in [-0.05, 0) is 46.9 Å². The lowest BCUT2D eigenvalue weighted by Gasteiger charge is -2.45. The Bertz CT molecular complexity index is 1320. The minimum Gasteiger partial charge on any atom is -0.364 e. The van der Waals surface area contributed by atoms with Gasteiger partial charge < -0.3 is 20.4 Å². The van der Waals surface area contributed by atoms with Gasteiger partial charge in [0.2, 0.25) is 11.8 Å². The Morgan fingerprint density at radius 1 is 0.737 bits per heavy atom. The molecule has 2 N–H and O–H groups in total. The molecule has 0 bridgehead atoms. The first-order valence-electron chi connectivity index (χ1n) is 13.7. The summed E-state index contributed by atoms with van der Waals surface area (Å²) in [5.41, 5.74) is 2.80. The maximum atomic E-state index is 14.6. The molecule has 3 saturated heterocycles. The Morgan fingerprint density at radius 3 is 1.47 bits per heavy atom. The van der Waals surface area contributed by atoms with Crippen molar-refractivity contribution in [2.45, 2.75) is 75.8 Å². The van der Waals surface area contributed by atoms with Crippen LogP contribution in [0, 0.1) is 10.8 Å². The lowest BCUT2D eigenvalue weighted by molar-refractivity contribution is -0.160. The van der Waals surface area contributed by atoms with E-state index in [0.29, 0.717) is 12.8 Å². The Kier molecular flexibility index (Phi) is 4.40. The van der Waals surface area contributed by atoms with E-state index in [1.165, 1.54) is 11.1 Å². The Balaban J connectivity index is 1.38. The van der Waals surface area contributed by atoms with Crippen molar-refractivity contribution in [2.24, 2.45) is 10.8 Å². The first kappa shape index (κ1) is 23.6. The molecule has 0 spiro atoms. The second-order valence-corrected chi connectivity index (χ2v) is 12.9. The molecule has 7 rings (SSSR count). The lowest BCUT2D eigenvalue weighted by atomic mass is 9.60. The molecule has 2 aromatic carbocycles. The molecule has 5 aliphatic heterocycles. The normalized spacial score (nSPS) is 34.4. The third-order valence-electron chi connectivity index (χ3n) is 11.0. The summed E-state index contributed by atoms with van der Waals surface area (Å²) in [5, 5.41) is 7.36. The van der Waals surface area contributed by atoms with E-state index in [9.17, 15) is 9.59 Å². The third-order valence-corrected chi connectivity index (χ3v) is 11.0. The SMILES string of the molecule is C=CC(C)(C)[C@@]12C[C@@H]3C(=O)N4[C@@H](C[C@@]5(C(C)(C)C=C)c6ccccc6N[C@@H]45)C(=O)N3[C@@H]1Nc1ccccc12. The average Bonchev–Trinajstić information content (AvgIpc) is 3.62. The van der Waals surface area contributed by atoms with Gasteiger partial charge in [-0.1, -0.05) is 76.2 Å². The summed E-state index contributed by atoms with van der Waals surface area (Å²) in [6.07, 6.45) is 4.50. The molecular formula is C32H36N4O2. The second kappa shape index (κ2) is 7.10. The van der Waals surface area contributed by atoms with Crippen molar-refractivity contribution in [3.05, 3.63) is 85.0 Å². The molecule has 3 fully saturated rings. The molecule has 0 unspecified atom stereocenters.